The van der Waals surface area contributed by atoms with E-state index in [0.717, 1.165) is 30.0 Å². The molecule has 6 nitrogen and oxygen atoms in total. The van der Waals surface area contributed by atoms with Crippen molar-refractivity contribution in [2.24, 2.45) is 0 Å². The van der Waals surface area contributed by atoms with Gasteiger partial charge in [0.15, 0.2) is 5.65 Å². The minimum Gasteiger partial charge on any atom is -0.480 e. The van der Waals surface area contributed by atoms with E-state index in [9.17, 15) is 9.90 Å². The molecule has 1 atom stereocenters. The molecule has 0 aromatic carbocycles. The largest absolute Gasteiger partial charge is 0.480 e. The molecule has 0 amide bonds. The molecule has 1 aliphatic heterocycles. The highest BCUT2D eigenvalue weighted by Crippen LogP contribution is 2.34. The van der Waals surface area contributed by atoms with Gasteiger partial charge in [-0.3, -0.25) is 0 Å². The fourth-order valence-electron chi connectivity index (χ4n) is 2.78. The van der Waals surface area contributed by atoms with Crippen LogP contribution in [0.3, 0.4) is 0 Å². The average Bonchev–Trinajstić information content (AvgIpc) is 2.95. The summed E-state index contributed by atoms with van der Waals surface area (Å²) in [5.74, 6) is 0.00896. The Balaban J connectivity index is 2.18. The van der Waals surface area contributed by atoms with Gasteiger partial charge in [0.05, 0.1) is 0 Å². The molecule has 3 rings (SSSR count). The summed E-state index contributed by atoms with van der Waals surface area (Å²) >= 11 is 0. The lowest BCUT2D eigenvalue weighted by atomic mass is 9.99. The monoisotopic (exact) mass is 260 g/mol. The van der Waals surface area contributed by atoms with Gasteiger partial charge < -0.3 is 10.0 Å². The van der Waals surface area contributed by atoms with Crippen LogP contribution in [0.25, 0.3) is 5.65 Å². The zero-order valence-corrected chi connectivity index (χ0v) is 11.0. The number of hydrogen-bond donors (Lipinski definition) is 1. The first-order valence-corrected chi connectivity index (χ1v) is 6.34. The average molecular weight is 260 g/mol. The first kappa shape index (κ1) is 12.0. The Hall–Kier alpha value is -2.11. The van der Waals surface area contributed by atoms with Crippen LogP contribution in [0.15, 0.2) is 18.5 Å². The van der Waals surface area contributed by atoms with E-state index in [2.05, 4.69) is 10.1 Å². The standard InChI is InChI=1S/C13H16N4O2/c1-9-6-10-14-8-15-17(10)11(7-9)16-5-3-4-13(16,2)12(18)19/h6-8H,3-5H2,1-2H3,(H,18,19). The number of rotatable bonds is 2. The first-order chi connectivity index (χ1) is 9.02. The highest BCUT2D eigenvalue weighted by molar-refractivity contribution is 5.83. The number of carbonyl (C=O) groups is 1. The number of fused-ring (bicyclic) bond motifs is 1. The van der Waals surface area contributed by atoms with Gasteiger partial charge in [0.1, 0.15) is 17.7 Å². The van der Waals surface area contributed by atoms with Crippen molar-refractivity contribution in [2.45, 2.75) is 32.2 Å². The third-order valence-corrected chi connectivity index (χ3v) is 3.88. The quantitative estimate of drug-likeness (QED) is 0.885. The Morgan fingerprint density at radius 3 is 3.00 bits per heavy atom. The summed E-state index contributed by atoms with van der Waals surface area (Å²) in [4.78, 5) is 17.7. The SMILES string of the molecule is Cc1cc(N2CCCC2(C)C(=O)O)n2ncnc2c1. The maximum absolute atomic E-state index is 11.6. The van der Waals surface area contributed by atoms with E-state index in [0.29, 0.717) is 6.42 Å². The number of carboxylic acids is 1. The van der Waals surface area contributed by atoms with E-state index >= 15 is 0 Å². The lowest BCUT2D eigenvalue weighted by Crippen LogP contribution is -2.48. The van der Waals surface area contributed by atoms with Gasteiger partial charge in [-0.05, 0) is 44.4 Å². The van der Waals surface area contributed by atoms with Crippen LogP contribution in [-0.2, 0) is 4.79 Å². The molecule has 1 saturated heterocycles. The number of carboxylic acid groups (broad SMARTS) is 1. The van der Waals surface area contributed by atoms with Crippen molar-refractivity contribution < 1.29 is 9.90 Å². The summed E-state index contributed by atoms with van der Waals surface area (Å²) in [5, 5.41) is 13.7. The van der Waals surface area contributed by atoms with Crippen molar-refractivity contribution in [3.63, 3.8) is 0 Å². The number of nitrogens with zero attached hydrogens (tertiary/aromatic N) is 4. The molecular formula is C13H16N4O2. The van der Waals surface area contributed by atoms with Gasteiger partial charge in [-0.25, -0.2) is 9.78 Å². The van der Waals surface area contributed by atoms with Crippen LogP contribution in [0.4, 0.5) is 5.82 Å². The fraction of sp³-hybridized carbons (Fsp3) is 0.462. The molecular weight excluding hydrogens is 244 g/mol. The molecule has 0 saturated carbocycles. The van der Waals surface area contributed by atoms with Crippen LogP contribution < -0.4 is 4.90 Å². The third-order valence-electron chi connectivity index (χ3n) is 3.88. The van der Waals surface area contributed by atoms with E-state index < -0.39 is 11.5 Å². The summed E-state index contributed by atoms with van der Waals surface area (Å²) in [6, 6.07) is 3.90. The third kappa shape index (κ3) is 1.67. The molecule has 100 valence electrons. The lowest BCUT2D eigenvalue weighted by Gasteiger charge is -2.33. The van der Waals surface area contributed by atoms with E-state index in [1.165, 1.54) is 6.33 Å². The van der Waals surface area contributed by atoms with Crippen LogP contribution in [-0.4, -0.2) is 37.8 Å². The second kappa shape index (κ2) is 3.94. The molecule has 2 aromatic rings. The van der Waals surface area contributed by atoms with E-state index in [-0.39, 0.29) is 0 Å². The van der Waals surface area contributed by atoms with Gasteiger partial charge in [0.2, 0.25) is 0 Å². The minimum atomic E-state index is -0.868. The van der Waals surface area contributed by atoms with Crippen molar-refractivity contribution in [1.82, 2.24) is 14.6 Å². The van der Waals surface area contributed by atoms with Crippen LogP contribution >= 0.6 is 0 Å². The summed E-state index contributed by atoms with van der Waals surface area (Å²) < 4.78 is 1.71. The topological polar surface area (TPSA) is 70.7 Å². The van der Waals surface area contributed by atoms with Crippen molar-refractivity contribution >= 4 is 17.4 Å². The Morgan fingerprint density at radius 2 is 2.26 bits per heavy atom. The summed E-state index contributed by atoms with van der Waals surface area (Å²) in [6.45, 7) is 4.47. The van der Waals surface area contributed by atoms with Crippen LogP contribution in [0, 0.1) is 6.92 Å². The molecule has 0 aliphatic carbocycles. The fourth-order valence-corrected chi connectivity index (χ4v) is 2.78. The molecule has 1 unspecified atom stereocenters. The first-order valence-electron chi connectivity index (χ1n) is 6.34. The Kier molecular flexibility index (Phi) is 2.48. The Morgan fingerprint density at radius 1 is 1.47 bits per heavy atom. The highest BCUT2D eigenvalue weighted by atomic mass is 16.4. The van der Waals surface area contributed by atoms with Crippen LogP contribution in [0.5, 0.6) is 0 Å². The van der Waals surface area contributed by atoms with Crippen LogP contribution in [0.1, 0.15) is 25.3 Å². The molecule has 0 bridgehead atoms. The van der Waals surface area contributed by atoms with Crippen molar-refractivity contribution in [3.05, 3.63) is 24.0 Å². The highest BCUT2D eigenvalue weighted by Gasteiger charge is 2.44. The summed E-state index contributed by atoms with van der Waals surface area (Å²) in [6.07, 6.45) is 3.01. The number of anilines is 1. The van der Waals surface area contributed by atoms with Crippen LogP contribution in [0.2, 0.25) is 0 Å². The molecule has 1 N–H and O–H groups in total. The number of hydrogen-bond acceptors (Lipinski definition) is 4. The second-order valence-electron chi connectivity index (χ2n) is 5.26. The number of aryl methyl sites for hydroxylation is 1. The molecule has 2 aromatic heterocycles. The van der Waals surface area contributed by atoms with Gasteiger partial charge >= 0.3 is 5.97 Å². The predicted octanol–water partition coefficient (Wildman–Crippen LogP) is 1.48. The second-order valence-corrected chi connectivity index (χ2v) is 5.26. The minimum absolute atomic E-state index is 0.645. The van der Waals surface area contributed by atoms with Gasteiger partial charge in [0, 0.05) is 6.54 Å². The summed E-state index contributed by atoms with van der Waals surface area (Å²) in [5.41, 5.74) is 0.928. The molecule has 19 heavy (non-hydrogen) atoms. The molecule has 0 spiro atoms. The Labute approximate surface area is 110 Å². The maximum atomic E-state index is 11.6. The number of aliphatic carboxylic acids is 1. The number of pyridine rings is 1. The molecule has 0 radical (unpaired) electrons. The zero-order chi connectivity index (χ0) is 13.6. The number of aromatic nitrogens is 3. The van der Waals surface area contributed by atoms with Crippen molar-refractivity contribution in [2.75, 3.05) is 11.4 Å². The van der Waals surface area contributed by atoms with Gasteiger partial charge in [-0.15, -0.1) is 0 Å². The van der Waals surface area contributed by atoms with Gasteiger partial charge in [0.25, 0.3) is 0 Å². The molecule has 1 aliphatic rings. The maximum Gasteiger partial charge on any atom is 0.329 e. The molecule has 6 heteroatoms. The Bertz CT molecular complexity index is 651. The molecule has 3 heterocycles. The zero-order valence-electron chi connectivity index (χ0n) is 11.0. The van der Waals surface area contributed by atoms with Gasteiger partial charge in [-0.2, -0.15) is 9.61 Å². The van der Waals surface area contributed by atoms with E-state index in [4.69, 9.17) is 0 Å². The predicted molar refractivity (Wildman–Crippen MR) is 70.3 cm³/mol. The normalized spacial score (nSPS) is 23.2. The van der Waals surface area contributed by atoms with Crippen molar-refractivity contribution in [1.29, 1.82) is 0 Å². The van der Waals surface area contributed by atoms with Gasteiger partial charge in [-0.1, -0.05) is 0 Å². The summed E-state index contributed by atoms with van der Waals surface area (Å²) in [7, 11) is 0. The smallest absolute Gasteiger partial charge is 0.329 e. The molecule has 1 fully saturated rings. The van der Waals surface area contributed by atoms with E-state index in [1.54, 1.807) is 11.4 Å². The van der Waals surface area contributed by atoms with E-state index in [1.807, 2.05) is 24.0 Å². The van der Waals surface area contributed by atoms with Crippen molar-refractivity contribution in [3.8, 4) is 0 Å². The lowest BCUT2D eigenvalue weighted by molar-refractivity contribution is -0.142.